The van der Waals surface area contributed by atoms with Crippen LogP contribution in [0.1, 0.15) is 36.3 Å². The molecule has 1 saturated heterocycles. The van der Waals surface area contributed by atoms with E-state index in [0.717, 1.165) is 28.8 Å². The molecule has 0 amide bonds. The van der Waals surface area contributed by atoms with Crippen LogP contribution in [-0.2, 0) is 14.8 Å². The first-order valence-corrected chi connectivity index (χ1v) is 13.0. The number of aldehydes is 1. The number of rotatable bonds is 8. The Balaban J connectivity index is 1.64. The van der Waals surface area contributed by atoms with E-state index in [1.165, 1.54) is 4.31 Å². The number of para-hydroxylation sites is 1. The van der Waals surface area contributed by atoms with Gasteiger partial charge in [0.2, 0.25) is 10.0 Å². The maximum Gasteiger partial charge on any atom is 0.243 e. The first kappa shape index (κ1) is 24.4. The number of aliphatic hydroxyl groups is 1. The normalized spacial score (nSPS) is 16.2. The fourth-order valence-electron chi connectivity index (χ4n) is 4.26. The summed E-state index contributed by atoms with van der Waals surface area (Å²) in [6, 6.07) is 21.9. The van der Waals surface area contributed by atoms with Crippen molar-refractivity contribution in [3.63, 3.8) is 0 Å². The molecule has 0 aliphatic carbocycles. The minimum Gasteiger partial charge on any atom is -0.393 e. The highest BCUT2D eigenvalue weighted by Crippen LogP contribution is 2.36. The maximum atomic E-state index is 13.0. The number of nitrogens with zero attached hydrogens (tertiary/aromatic N) is 1. The average Bonchev–Trinajstić information content (AvgIpc) is 2.84. The largest absolute Gasteiger partial charge is 0.393 e. The van der Waals surface area contributed by atoms with Gasteiger partial charge in [0.15, 0.2) is 0 Å². The molecule has 0 aromatic heterocycles. The summed E-state index contributed by atoms with van der Waals surface area (Å²) in [6.07, 6.45) is 1.53. The standard InChI is InChI=1S/C26H27ClN2O4S/c27-20-8-11-25(26(18-20)28-21-4-2-1-3-5-21)24(14-17-30)19-6-9-23(10-7-19)34(32,33)29-15-12-22(31)13-16-29/h1-11,17-18,22,24,28,31H,12-16H2. The predicted molar refractivity (Wildman–Crippen MR) is 134 cm³/mol. The number of piperidine rings is 1. The van der Waals surface area contributed by atoms with E-state index < -0.39 is 16.1 Å². The van der Waals surface area contributed by atoms with E-state index in [2.05, 4.69) is 5.32 Å². The van der Waals surface area contributed by atoms with Gasteiger partial charge in [-0.1, -0.05) is 48.0 Å². The van der Waals surface area contributed by atoms with Gasteiger partial charge in [-0.3, -0.25) is 0 Å². The SMILES string of the molecule is O=CCC(c1ccc(S(=O)(=O)N2CCC(O)CC2)cc1)c1ccc(Cl)cc1Nc1ccccc1. The van der Waals surface area contributed by atoms with Crippen LogP contribution in [0.2, 0.25) is 5.02 Å². The highest BCUT2D eigenvalue weighted by atomic mass is 35.5. The van der Waals surface area contributed by atoms with Crippen LogP contribution in [0.5, 0.6) is 0 Å². The Morgan fingerprint density at radius 1 is 1.03 bits per heavy atom. The van der Waals surface area contributed by atoms with E-state index in [0.29, 0.717) is 31.0 Å². The summed E-state index contributed by atoms with van der Waals surface area (Å²) in [5.41, 5.74) is 3.40. The Labute approximate surface area is 205 Å². The van der Waals surface area contributed by atoms with Crippen molar-refractivity contribution in [2.24, 2.45) is 0 Å². The summed E-state index contributed by atoms with van der Waals surface area (Å²) in [4.78, 5) is 11.8. The van der Waals surface area contributed by atoms with Crippen LogP contribution in [0.4, 0.5) is 11.4 Å². The Kier molecular flexibility index (Phi) is 7.68. The van der Waals surface area contributed by atoms with Crippen LogP contribution >= 0.6 is 11.6 Å². The second-order valence-corrected chi connectivity index (χ2v) is 10.8. The number of hydrogen-bond acceptors (Lipinski definition) is 5. The van der Waals surface area contributed by atoms with Crippen LogP contribution in [0.15, 0.2) is 77.7 Å². The molecule has 0 saturated carbocycles. The molecule has 1 heterocycles. The highest BCUT2D eigenvalue weighted by Gasteiger charge is 2.29. The average molecular weight is 499 g/mol. The van der Waals surface area contributed by atoms with Gasteiger partial charge in [0.05, 0.1) is 11.0 Å². The lowest BCUT2D eigenvalue weighted by Crippen LogP contribution is -2.39. The van der Waals surface area contributed by atoms with Gasteiger partial charge in [0.25, 0.3) is 0 Å². The van der Waals surface area contributed by atoms with Gasteiger partial charge in [0.1, 0.15) is 6.29 Å². The molecule has 8 heteroatoms. The first-order chi connectivity index (χ1) is 16.4. The van der Waals surface area contributed by atoms with Crippen LogP contribution in [0, 0.1) is 0 Å². The number of aliphatic hydroxyl groups excluding tert-OH is 1. The molecule has 3 aromatic carbocycles. The third-order valence-corrected chi connectivity index (χ3v) is 8.27. The number of hydrogen-bond donors (Lipinski definition) is 2. The van der Waals surface area contributed by atoms with Gasteiger partial charge in [-0.2, -0.15) is 4.31 Å². The van der Waals surface area contributed by atoms with Gasteiger partial charge in [0, 0.05) is 41.8 Å². The van der Waals surface area contributed by atoms with Crippen LogP contribution < -0.4 is 5.32 Å². The summed E-state index contributed by atoms with van der Waals surface area (Å²) in [6.45, 7) is 0.608. The minimum atomic E-state index is -3.64. The van der Waals surface area contributed by atoms with Crippen molar-refractivity contribution in [1.29, 1.82) is 0 Å². The number of carbonyl (C=O) groups is 1. The lowest BCUT2D eigenvalue weighted by Gasteiger charge is -2.29. The molecule has 1 aliphatic rings. The molecule has 0 radical (unpaired) electrons. The quantitative estimate of drug-likeness (QED) is 0.429. The maximum absolute atomic E-state index is 13.0. The number of halogens is 1. The number of sulfonamides is 1. The molecular weight excluding hydrogens is 472 g/mol. The van der Waals surface area contributed by atoms with Gasteiger partial charge in [-0.25, -0.2) is 8.42 Å². The van der Waals surface area contributed by atoms with E-state index in [-0.39, 0.29) is 17.2 Å². The zero-order valence-corrected chi connectivity index (χ0v) is 20.2. The zero-order valence-electron chi connectivity index (χ0n) is 18.6. The molecular formula is C26H27ClN2O4S. The van der Waals surface area contributed by atoms with Crippen molar-refractivity contribution < 1.29 is 18.3 Å². The molecule has 3 aromatic rings. The summed E-state index contributed by atoms with van der Waals surface area (Å²) in [5.74, 6) is -0.275. The Hall–Kier alpha value is -2.71. The molecule has 6 nitrogen and oxygen atoms in total. The fraction of sp³-hybridized carbons (Fsp3) is 0.269. The van der Waals surface area contributed by atoms with Gasteiger partial charge in [-0.05, 0) is 60.4 Å². The van der Waals surface area contributed by atoms with E-state index in [9.17, 15) is 18.3 Å². The molecule has 0 bridgehead atoms. The smallest absolute Gasteiger partial charge is 0.243 e. The molecule has 1 atom stereocenters. The molecule has 34 heavy (non-hydrogen) atoms. The second-order valence-electron chi connectivity index (χ2n) is 8.38. The van der Waals surface area contributed by atoms with E-state index in [1.807, 2.05) is 42.5 Å². The van der Waals surface area contributed by atoms with E-state index in [4.69, 9.17) is 11.6 Å². The van der Waals surface area contributed by atoms with Crippen LogP contribution in [0.3, 0.4) is 0 Å². The van der Waals surface area contributed by atoms with Crippen molar-refractivity contribution in [3.8, 4) is 0 Å². The molecule has 1 aliphatic heterocycles. The second kappa shape index (κ2) is 10.7. The molecule has 1 fully saturated rings. The van der Waals surface area contributed by atoms with Crippen molar-refractivity contribution in [3.05, 3.63) is 88.9 Å². The number of anilines is 2. The minimum absolute atomic E-state index is 0.205. The molecule has 2 N–H and O–H groups in total. The molecule has 4 rings (SSSR count). The highest BCUT2D eigenvalue weighted by molar-refractivity contribution is 7.89. The van der Waals surface area contributed by atoms with E-state index in [1.54, 1.807) is 30.3 Å². The van der Waals surface area contributed by atoms with Crippen molar-refractivity contribution in [2.45, 2.75) is 36.2 Å². The third kappa shape index (κ3) is 5.50. The van der Waals surface area contributed by atoms with Crippen LogP contribution in [-0.4, -0.2) is 43.3 Å². The topological polar surface area (TPSA) is 86.7 Å². The zero-order chi connectivity index (χ0) is 24.1. The van der Waals surface area contributed by atoms with Gasteiger partial charge in [-0.15, -0.1) is 0 Å². The predicted octanol–water partition coefficient (Wildman–Crippen LogP) is 4.95. The molecule has 0 spiro atoms. The number of nitrogens with one attached hydrogen (secondary N) is 1. The third-order valence-electron chi connectivity index (χ3n) is 6.12. The summed E-state index contributed by atoms with van der Waals surface area (Å²) >= 11 is 6.27. The Morgan fingerprint density at radius 2 is 1.71 bits per heavy atom. The van der Waals surface area contributed by atoms with Crippen molar-refractivity contribution in [1.82, 2.24) is 4.31 Å². The number of benzene rings is 3. The monoisotopic (exact) mass is 498 g/mol. The Bertz CT molecular complexity index is 1230. The lowest BCUT2D eigenvalue weighted by atomic mass is 9.88. The molecule has 178 valence electrons. The van der Waals surface area contributed by atoms with Gasteiger partial charge >= 0.3 is 0 Å². The summed E-state index contributed by atoms with van der Waals surface area (Å²) in [7, 11) is -3.64. The molecule has 1 unspecified atom stereocenters. The summed E-state index contributed by atoms with van der Waals surface area (Å²) < 4.78 is 27.5. The lowest BCUT2D eigenvalue weighted by molar-refractivity contribution is -0.108. The fourth-order valence-corrected chi connectivity index (χ4v) is 5.90. The van der Waals surface area contributed by atoms with Crippen molar-refractivity contribution >= 4 is 39.3 Å². The first-order valence-electron chi connectivity index (χ1n) is 11.2. The van der Waals surface area contributed by atoms with Crippen molar-refractivity contribution in [2.75, 3.05) is 18.4 Å². The Morgan fingerprint density at radius 3 is 2.35 bits per heavy atom. The number of carbonyl (C=O) groups excluding carboxylic acids is 1. The van der Waals surface area contributed by atoms with Gasteiger partial charge < -0.3 is 15.2 Å². The van der Waals surface area contributed by atoms with Crippen LogP contribution in [0.25, 0.3) is 0 Å². The summed E-state index contributed by atoms with van der Waals surface area (Å²) in [5, 5.41) is 13.6. The van der Waals surface area contributed by atoms with E-state index >= 15 is 0 Å².